The van der Waals surface area contributed by atoms with Crippen molar-refractivity contribution >= 4 is 0 Å². The van der Waals surface area contributed by atoms with E-state index in [1.165, 1.54) is 38.5 Å². The second-order valence-electron chi connectivity index (χ2n) is 8.27. The Morgan fingerprint density at radius 2 is 1.50 bits per heavy atom. The molecule has 1 saturated carbocycles. The van der Waals surface area contributed by atoms with Gasteiger partial charge >= 0.3 is 0 Å². The minimum atomic E-state index is -1.70. The molecule has 0 atom stereocenters. The molecule has 0 N–H and O–H groups in total. The van der Waals surface area contributed by atoms with Crippen LogP contribution in [0.4, 0.5) is 8.78 Å². The summed E-state index contributed by atoms with van der Waals surface area (Å²) in [6.45, 7) is 4.49. The molecule has 6 heteroatoms. The number of allylic oxidation sites excluding steroid dienone is 2. The number of hydrogen-bond acceptors (Lipinski definition) is 4. The van der Waals surface area contributed by atoms with E-state index >= 15 is 0 Å². The van der Waals surface area contributed by atoms with Crippen LogP contribution in [0.5, 0.6) is 0 Å². The normalized spacial score (nSPS) is 37.1. The number of rotatable bonds is 7. The smallest absolute Gasteiger partial charge is 0.266 e. The second kappa shape index (κ2) is 11.4. The summed E-state index contributed by atoms with van der Waals surface area (Å²) in [4.78, 5) is 0. The zero-order valence-corrected chi connectivity index (χ0v) is 16.9. The van der Waals surface area contributed by atoms with E-state index in [9.17, 15) is 8.78 Å². The molecule has 3 rings (SSSR count). The fourth-order valence-electron chi connectivity index (χ4n) is 4.38. The summed E-state index contributed by atoms with van der Waals surface area (Å²) in [6.07, 6.45) is 10.5. The van der Waals surface area contributed by atoms with Gasteiger partial charge in [-0.05, 0) is 50.0 Å². The van der Waals surface area contributed by atoms with Crippen LogP contribution in [-0.2, 0) is 18.9 Å². The molecular formula is C22H34F2O4. The molecule has 4 nitrogen and oxygen atoms in total. The molecule has 0 aromatic heterocycles. The van der Waals surface area contributed by atoms with Gasteiger partial charge in [0, 0.05) is 12.3 Å². The number of unbranched alkanes of at least 4 members (excludes halogenated alkanes) is 1. The fourth-order valence-corrected chi connectivity index (χ4v) is 4.38. The highest BCUT2D eigenvalue weighted by atomic mass is 19.3. The fraction of sp³-hybridized carbons (Fsp3) is 0.818. The van der Waals surface area contributed by atoms with Crippen LogP contribution in [0, 0.1) is 23.7 Å². The van der Waals surface area contributed by atoms with E-state index in [-0.39, 0.29) is 18.6 Å². The van der Waals surface area contributed by atoms with Gasteiger partial charge in [0.05, 0.1) is 32.3 Å². The van der Waals surface area contributed by atoms with Gasteiger partial charge in [-0.25, -0.2) is 0 Å². The van der Waals surface area contributed by atoms with Gasteiger partial charge in [-0.3, -0.25) is 0 Å². The maximum absolute atomic E-state index is 12.1. The maximum Gasteiger partial charge on any atom is 0.266 e. The van der Waals surface area contributed by atoms with Crippen molar-refractivity contribution in [3.05, 3.63) is 24.3 Å². The molecule has 0 amide bonds. The summed E-state index contributed by atoms with van der Waals surface area (Å²) in [5.74, 6) is 1.89. The highest BCUT2D eigenvalue weighted by molar-refractivity contribution is 4.92. The summed E-state index contributed by atoms with van der Waals surface area (Å²) in [6, 6.07) is 0. The van der Waals surface area contributed by atoms with Gasteiger partial charge in [-0.15, -0.1) is 0 Å². The first kappa shape index (κ1) is 21.9. The Morgan fingerprint density at radius 1 is 0.857 bits per heavy atom. The molecule has 3 fully saturated rings. The van der Waals surface area contributed by atoms with E-state index < -0.39 is 12.4 Å². The molecule has 28 heavy (non-hydrogen) atoms. The Kier molecular flexibility index (Phi) is 8.90. The molecule has 3 aliphatic rings. The zero-order valence-electron chi connectivity index (χ0n) is 16.9. The summed E-state index contributed by atoms with van der Waals surface area (Å²) in [5, 5.41) is 0. The molecule has 0 aromatic rings. The van der Waals surface area contributed by atoms with Crippen molar-refractivity contribution < 1.29 is 27.7 Å². The van der Waals surface area contributed by atoms with Crippen molar-refractivity contribution in [2.24, 2.45) is 23.7 Å². The molecule has 2 heterocycles. The third kappa shape index (κ3) is 6.61. The van der Waals surface area contributed by atoms with E-state index in [4.69, 9.17) is 18.9 Å². The van der Waals surface area contributed by atoms with Crippen molar-refractivity contribution in [1.29, 1.82) is 0 Å². The van der Waals surface area contributed by atoms with Crippen LogP contribution >= 0.6 is 0 Å². The Labute approximate surface area is 167 Å². The minimum absolute atomic E-state index is 0.00385. The van der Waals surface area contributed by atoms with E-state index in [0.29, 0.717) is 25.0 Å². The van der Waals surface area contributed by atoms with Gasteiger partial charge in [-0.2, -0.15) is 8.78 Å². The van der Waals surface area contributed by atoms with Crippen molar-refractivity contribution in [3.8, 4) is 0 Å². The molecule has 1 aliphatic carbocycles. The summed E-state index contributed by atoms with van der Waals surface area (Å²) < 4.78 is 47.3. The Hall–Kier alpha value is -0.820. The molecule has 2 aliphatic heterocycles. The van der Waals surface area contributed by atoms with Crippen molar-refractivity contribution in [2.45, 2.75) is 64.4 Å². The summed E-state index contributed by atoms with van der Waals surface area (Å²) >= 11 is 0. The van der Waals surface area contributed by atoms with Crippen LogP contribution < -0.4 is 0 Å². The van der Waals surface area contributed by atoms with Gasteiger partial charge in [0.1, 0.15) is 0 Å². The van der Waals surface area contributed by atoms with Crippen LogP contribution in [0.3, 0.4) is 0 Å². The lowest BCUT2D eigenvalue weighted by Crippen LogP contribution is -2.46. The second-order valence-corrected chi connectivity index (χ2v) is 8.27. The highest BCUT2D eigenvalue weighted by Crippen LogP contribution is 2.36. The predicted octanol–water partition coefficient (Wildman–Crippen LogP) is 5.30. The van der Waals surface area contributed by atoms with E-state index in [1.807, 2.05) is 0 Å². The van der Waals surface area contributed by atoms with Gasteiger partial charge in [0.25, 0.3) is 6.08 Å². The molecule has 0 bridgehead atoms. The molecule has 0 radical (unpaired) electrons. The lowest BCUT2D eigenvalue weighted by Gasteiger charge is -2.40. The number of ether oxygens (including phenoxy) is 4. The summed E-state index contributed by atoms with van der Waals surface area (Å²) in [7, 11) is 0. The van der Waals surface area contributed by atoms with E-state index in [0.717, 1.165) is 25.2 Å². The van der Waals surface area contributed by atoms with Crippen LogP contribution in [0.1, 0.15) is 51.9 Å². The predicted molar refractivity (Wildman–Crippen MR) is 103 cm³/mol. The first-order valence-corrected chi connectivity index (χ1v) is 10.8. The van der Waals surface area contributed by atoms with Crippen molar-refractivity contribution in [2.75, 3.05) is 26.4 Å². The van der Waals surface area contributed by atoms with Crippen molar-refractivity contribution in [3.63, 3.8) is 0 Å². The lowest BCUT2D eigenvalue weighted by atomic mass is 9.76. The monoisotopic (exact) mass is 400 g/mol. The van der Waals surface area contributed by atoms with Gasteiger partial charge in [0.15, 0.2) is 12.6 Å². The van der Waals surface area contributed by atoms with Gasteiger partial charge in [0.2, 0.25) is 0 Å². The molecule has 0 unspecified atom stereocenters. The lowest BCUT2D eigenvalue weighted by molar-refractivity contribution is -0.283. The first-order valence-electron chi connectivity index (χ1n) is 10.8. The minimum Gasteiger partial charge on any atom is -0.352 e. The molecular weight excluding hydrogens is 366 g/mol. The van der Waals surface area contributed by atoms with Crippen LogP contribution in [0.25, 0.3) is 0 Å². The average Bonchev–Trinajstić information content (AvgIpc) is 2.73. The van der Waals surface area contributed by atoms with Gasteiger partial charge < -0.3 is 18.9 Å². The van der Waals surface area contributed by atoms with Crippen molar-refractivity contribution in [1.82, 2.24) is 0 Å². The Morgan fingerprint density at radius 3 is 2.11 bits per heavy atom. The van der Waals surface area contributed by atoms with E-state index in [1.54, 1.807) is 0 Å². The van der Waals surface area contributed by atoms with E-state index in [2.05, 4.69) is 19.1 Å². The third-order valence-electron chi connectivity index (χ3n) is 6.14. The first-order chi connectivity index (χ1) is 13.7. The molecule has 0 spiro atoms. The quantitative estimate of drug-likeness (QED) is 0.544. The molecule has 2 saturated heterocycles. The van der Waals surface area contributed by atoms with Crippen LogP contribution in [0.2, 0.25) is 0 Å². The Bertz CT molecular complexity index is 497. The standard InChI is InChI=1S/C22H34F2O4/c1-2-3-4-5-16-6-8-17(9-7-16)18-12-27-22(28-13-18)19-14-25-21(26-15-19)11-10-20(23)24/h4-5,10,16-19,21-22H,2-3,6-9,11-15H2,1H3/b5-4+. The number of hydrogen-bond donors (Lipinski definition) is 0. The average molecular weight is 401 g/mol. The SMILES string of the molecule is CCC/C=C/C1CCC(C2COC(C3COC(CC=C(F)F)OC3)OC2)CC1. The third-order valence-corrected chi connectivity index (χ3v) is 6.14. The maximum atomic E-state index is 12.1. The highest BCUT2D eigenvalue weighted by Gasteiger charge is 2.36. The Balaban J connectivity index is 1.34. The topological polar surface area (TPSA) is 36.9 Å². The molecule has 160 valence electrons. The summed E-state index contributed by atoms with van der Waals surface area (Å²) in [5.41, 5.74) is 0. The number of halogens is 2. The largest absolute Gasteiger partial charge is 0.352 e. The zero-order chi connectivity index (χ0) is 19.8. The van der Waals surface area contributed by atoms with Crippen LogP contribution in [0.15, 0.2) is 24.3 Å². The van der Waals surface area contributed by atoms with Crippen LogP contribution in [-0.4, -0.2) is 39.0 Å². The molecule has 0 aromatic carbocycles. The van der Waals surface area contributed by atoms with Gasteiger partial charge in [-0.1, -0.05) is 25.5 Å².